The van der Waals surface area contributed by atoms with Crippen LogP contribution >= 0.6 is 15.9 Å². The normalized spacial score (nSPS) is 10.2. The molecule has 0 unspecified atom stereocenters. The van der Waals surface area contributed by atoms with Crippen LogP contribution in [-0.2, 0) is 5.33 Å². The van der Waals surface area contributed by atoms with Gasteiger partial charge in [0.15, 0.2) is 11.6 Å². The molecule has 0 spiro atoms. The molecule has 2 aromatic carbocycles. The van der Waals surface area contributed by atoms with Gasteiger partial charge in [0, 0.05) is 16.6 Å². The number of methoxy groups -OCH3 is 1. The number of alkyl halides is 1. The molecule has 0 atom stereocenters. The molecular formula is C15H13BrFNO2. The molecule has 0 aliphatic heterocycles. The van der Waals surface area contributed by atoms with Crippen molar-refractivity contribution in [2.75, 3.05) is 12.4 Å². The number of hydrogen-bond donors (Lipinski definition) is 1. The van der Waals surface area contributed by atoms with Crippen molar-refractivity contribution >= 4 is 27.5 Å². The number of hydrogen-bond acceptors (Lipinski definition) is 2. The van der Waals surface area contributed by atoms with Crippen LogP contribution in [0.25, 0.3) is 0 Å². The number of amides is 1. The van der Waals surface area contributed by atoms with E-state index in [4.69, 9.17) is 4.74 Å². The fourth-order valence-corrected chi connectivity index (χ4v) is 2.25. The molecule has 0 radical (unpaired) electrons. The van der Waals surface area contributed by atoms with Gasteiger partial charge in [-0.15, -0.1) is 0 Å². The zero-order valence-electron chi connectivity index (χ0n) is 10.8. The third-order valence-electron chi connectivity index (χ3n) is 2.82. The van der Waals surface area contributed by atoms with Crippen LogP contribution in [0.2, 0.25) is 0 Å². The number of rotatable bonds is 4. The average molecular weight is 338 g/mol. The first-order valence-corrected chi connectivity index (χ1v) is 7.06. The number of para-hydroxylation sites is 1. The monoisotopic (exact) mass is 337 g/mol. The predicted octanol–water partition coefficient (Wildman–Crippen LogP) is 3.98. The Balaban J connectivity index is 2.22. The van der Waals surface area contributed by atoms with Crippen LogP contribution < -0.4 is 10.1 Å². The lowest BCUT2D eigenvalue weighted by atomic mass is 10.1. The molecule has 104 valence electrons. The van der Waals surface area contributed by atoms with E-state index < -0.39 is 5.82 Å². The van der Waals surface area contributed by atoms with Crippen LogP contribution in [0.5, 0.6) is 5.75 Å². The lowest BCUT2D eigenvalue weighted by Gasteiger charge is -2.10. The molecule has 20 heavy (non-hydrogen) atoms. The van der Waals surface area contributed by atoms with Crippen molar-refractivity contribution in [2.45, 2.75) is 5.33 Å². The molecule has 0 saturated heterocycles. The van der Waals surface area contributed by atoms with Gasteiger partial charge in [-0.25, -0.2) is 4.39 Å². The zero-order chi connectivity index (χ0) is 14.5. The number of ether oxygens (including phenoxy) is 1. The Kier molecular flexibility index (Phi) is 4.74. The molecule has 3 nitrogen and oxygen atoms in total. The minimum Gasteiger partial charge on any atom is -0.494 e. The van der Waals surface area contributed by atoms with Crippen molar-refractivity contribution in [3.8, 4) is 5.75 Å². The summed E-state index contributed by atoms with van der Waals surface area (Å²) in [6.45, 7) is 0. The molecular weight excluding hydrogens is 325 g/mol. The summed E-state index contributed by atoms with van der Waals surface area (Å²) < 4.78 is 18.4. The fraction of sp³-hybridized carbons (Fsp3) is 0.133. The van der Waals surface area contributed by atoms with Gasteiger partial charge in [-0.2, -0.15) is 0 Å². The van der Waals surface area contributed by atoms with Gasteiger partial charge in [-0.05, 0) is 29.8 Å². The summed E-state index contributed by atoms with van der Waals surface area (Å²) in [5, 5.41) is 3.39. The minimum atomic E-state index is -0.561. The second-order valence-electron chi connectivity index (χ2n) is 4.09. The van der Waals surface area contributed by atoms with Crippen molar-refractivity contribution < 1.29 is 13.9 Å². The van der Waals surface area contributed by atoms with Crippen molar-refractivity contribution in [2.24, 2.45) is 0 Å². The number of carbonyl (C=O) groups excluding carboxylic acids is 1. The highest BCUT2D eigenvalue weighted by atomic mass is 79.9. The summed E-state index contributed by atoms with van der Waals surface area (Å²) in [5.74, 6) is -0.809. The molecule has 0 fully saturated rings. The topological polar surface area (TPSA) is 38.3 Å². The van der Waals surface area contributed by atoms with Crippen LogP contribution in [0.1, 0.15) is 15.9 Å². The van der Waals surface area contributed by atoms with E-state index in [1.165, 1.54) is 19.2 Å². The molecule has 0 aliphatic carbocycles. The van der Waals surface area contributed by atoms with Gasteiger partial charge in [-0.3, -0.25) is 4.79 Å². The van der Waals surface area contributed by atoms with Crippen LogP contribution in [0.15, 0.2) is 42.5 Å². The lowest BCUT2D eigenvalue weighted by molar-refractivity contribution is 0.102. The Labute approximate surface area is 124 Å². The summed E-state index contributed by atoms with van der Waals surface area (Å²) in [5.41, 5.74) is 1.90. The second-order valence-corrected chi connectivity index (χ2v) is 4.65. The van der Waals surface area contributed by atoms with Crippen molar-refractivity contribution in [3.63, 3.8) is 0 Å². The van der Waals surface area contributed by atoms with Gasteiger partial charge in [0.1, 0.15) is 0 Å². The highest BCUT2D eigenvalue weighted by Crippen LogP contribution is 2.21. The van der Waals surface area contributed by atoms with E-state index in [9.17, 15) is 9.18 Å². The maximum atomic E-state index is 13.6. The van der Waals surface area contributed by atoms with Gasteiger partial charge in [-0.1, -0.05) is 34.1 Å². The highest BCUT2D eigenvalue weighted by molar-refractivity contribution is 9.08. The number of anilines is 1. The standard InChI is InChI=1S/C15H13BrFNO2/c1-20-14-7-6-10(8-12(14)17)15(19)18-13-5-3-2-4-11(13)9-16/h2-8H,9H2,1H3,(H,18,19). The highest BCUT2D eigenvalue weighted by Gasteiger charge is 2.11. The number of nitrogens with one attached hydrogen (secondary N) is 1. The van der Waals surface area contributed by atoms with E-state index >= 15 is 0 Å². The maximum absolute atomic E-state index is 13.6. The number of halogens is 2. The molecule has 0 heterocycles. The van der Waals surface area contributed by atoms with Crippen LogP contribution in [-0.4, -0.2) is 13.0 Å². The molecule has 2 rings (SSSR count). The van der Waals surface area contributed by atoms with Crippen LogP contribution in [0.4, 0.5) is 10.1 Å². The molecule has 0 aromatic heterocycles. The number of benzene rings is 2. The van der Waals surface area contributed by atoms with Gasteiger partial charge < -0.3 is 10.1 Å². The van der Waals surface area contributed by atoms with E-state index in [-0.39, 0.29) is 17.2 Å². The summed E-state index contributed by atoms with van der Waals surface area (Å²) in [4.78, 5) is 12.1. The molecule has 0 aliphatic rings. The molecule has 0 saturated carbocycles. The summed E-state index contributed by atoms with van der Waals surface area (Å²) in [6.07, 6.45) is 0. The Morgan fingerprint density at radius 3 is 2.70 bits per heavy atom. The molecule has 1 N–H and O–H groups in total. The molecule has 1 amide bonds. The first-order chi connectivity index (χ1) is 9.65. The van der Waals surface area contributed by atoms with E-state index in [1.807, 2.05) is 18.2 Å². The summed E-state index contributed by atoms with van der Waals surface area (Å²) in [6, 6.07) is 11.5. The molecule has 2 aromatic rings. The van der Waals surface area contributed by atoms with Gasteiger partial charge >= 0.3 is 0 Å². The number of carbonyl (C=O) groups is 1. The predicted molar refractivity (Wildman–Crippen MR) is 80.0 cm³/mol. The molecule has 0 bridgehead atoms. The van der Waals surface area contributed by atoms with E-state index in [0.717, 1.165) is 11.6 Å². The molecule has 5 heteroatoms. The Hall–Kier alpha value is -1.88. The third-order valence-corrected chi connectivity index (χ3v) is 3.43. The van der Waals surface area contributed by atoms with Gasteiger partial charge in [0.2, 0.25) is 0 Å². The second kappa shape index (κ2) is 6.52. The summed E-state index contributed by atoms with van der Waals surface area (Å²) >= 11 is 3.36. The lowest BCUT2D eigenvalue weighted by Crippen LogP contribution is -2.13. The quantitative estimate of drug-likeness (QED) is 0.857. The van der Waals surface area contributed by atoms with Crippen LogP contribution in [0, 0.1) is 5.82 Å². The third kappa shape index (κ3) is 3.17. The van der Waals surface area contributed by atoms with E-state index in [1.54, 1.807) is 6.07 Å². The largest absolute Gasteiger partial charge is 0.494 e. The first kappa shape index (κ1) is 14.5. The van der Waals surface area contributed by atoms with E-state index in [2.05, 4.69) is 21.2 Å². The van der Waals surface area contributed by atoms with Crippen LogP contribution in [0.3, 0.4) is 0 Å². The van der Waals surface area contributed by atoms with Gasteiger partial charge in [0.25, 0.3) is 5.91 Å². The zero-order valence-corrected chi connectivity index (χ0v) is 12.4. The fourth-order valence-electron chi connectivity index (χ4n) is 1.76. The van der Waals surface area contributed by atoms with Crippen molar-refractivity contribution in [1.82, 2.24) is 0 Å². The average Bonchev–Trinajstić information content (AvgIpc) is 2.47. The smallest absolute Gasteiger partial charge is 0.255 e. The Morgan fingerprint density at radius 1 is 1.30 bits per heavy atom. The first-order valence-electron chi connectivity index (χ1n) is 5.94. The van der Waals surface area contributed by atoms with Gasteiger partial charge in [0.05, 0.1) is 7.11 Å². The SMILES string of the molecule is COc1ccc(C(=O)Nc2ccccc2CBr)cc1F. The Bertz CT molecular complexity index is 631. The minimum absolute atomic E-state index is 0.113. The van der Waals surface area contributed by atoms with Crippen molar-refractivity contribution in [3.05, 3.63) is 59.4 Å². The Morgan fingerprint density at radius 2 is 2.05 bits per heavy atom. The maximum Gasteiger partial charge on any atom is 0.255 e. The van der Waals surface area contributed by atoms with Crippen molar-refractivity contribution in [1.29, 1.82) is 0 Å². The summed E-state index contributed by atoms with van der Waals surface area (Å²) in [7, 11) is 1.38. The van der Waals surface area contributed by atoms with E-state index in [0.29, 0.717) is 11.0 Å².